The minimum Gasteiger partial charge on any atom is -0.494 e. The first-order valence-corrected chi connectivity index (χ1v) is 13.3. The summed E-state index contributed by atoms with van der Waals surface area (Å²) in [5, 5.41) is 15.5. The van der Waals surface area contributed by atoms with E-state index in [4.69, 9.17) is 9.72 Å². The van der Waals surface area contributed by atoms with Crippen LogP contribution in [-0.2, 0) is 5.41 Å². The molecule has 4 heterocycles. The number of likely N-dealkylation sites (N-methyl/N-ethyl adjacent to an activating group) is 1. The van der Waals surface area contributed by atoms with Crippen molar-refractivity contribution in [3.8, 4) is 5.75 Å². The molecule has 0 amide bonds. The van der Waals surface area contributed by atoms with Crippen molar-refractivity contribution < 1.29 is 9.66 Å². The number of aryl methyl sites for hydroxylation is 1. The van der Waals surface area contributed by atoms with Crippen LogP contribution in [0.4, 0.5) is 34.3 Å². The highest BCUT2D eigenvalue weighted by atomic mass is 16.6. The third-order valence-electron chi connectivity index (χ3n) is 7.57. The largest absolute Gasteiger partial charge is 0.494 e. The van der Waals surface area contributed by atoms with Crippen LogP contribution in [0.25, 0.3) is 0 Å². The van der Waals surface area contributed by atoms with Crippen molar-refractivity contribution in [1.82, 2.24) is 14.9 Å². The highest BCUT2D eigenvalue weighted by molar-refractivity contribution is 5.79. The fourth-order valence-corrected chi connectivity index (χ4v) is 5.81. The lowest BCUT2D eigenvalue weighted by Crippen LogP contribution is -2.37. The SMILES string of the molecule is COc1cc(N2CCC[C@@H]2CN(C)C)c([N+](=O)[O-])cc1Nc1cc(N2CC(C)(C)c3nc(C)ccc32)ccn1. The number of fused-ring (bicyclic) bond motifs is 1. The van der Waals surface area contributed by atoms with Gasteiger partial charge >= 0.3 is 0 Å². The number of nitro groups is 1. The monoisotopic (exact) mass is 531 g/mol. The van der Waals surface area contributed by atoms with Crippen LogP contribution in [0.15, 0.2) is 42.6 Å². The number of benzene rings is 1. The van der Waals surface area contributed by atoms with Gasteiger partial charge in [0, 0.05) is 66.9 Å². The molecule has 2 aliphatic heterocycles. The van der Waals surface area contributed by atoms with Crippen LogP contribution in [0.3, 0.4) is 0 Å². The minimum absolute atomic E-state index is 0.0526. The van der Waals surface area contributed by atoms with E-state index in [-0.39, 0.29) is 22.1 Å². The van der Waals surface area contributed by atoms with Gasteiger partial charge in [0.1, 0.15) is 17.3 Å². The lowest BCUT2D eigenvalue weighted by molar-refractivity contribution is -0.384. The van der Waals surface area contributed by atoms with E-state index in [1.807, 2.05) is 39.2 Å². The molecule has 10 nitrogen and oxygen atoms in total. The molecule has 2 aliphatic rings. The van der Waals surface area contributed by atoms with Gasteiger partial charge in [0.15, 0.2) is 0 Å². The highest BCUT2D eigenvalue weighted by Crippen LogP contribution is 2.45. The normalized spacial score (nSPS) is 18.0. The Kier molecular flexibility index (Phi) is 7.07. The summed E-state index contributed by atoms with van der Waals surface area (Å²) < 4.78 is 5.72. The molecule has 1 saturated heterocycles. The Labute approximate surface area is 229 Å². The minimum atomic E-state index is -0.312. The number of nitrogens with one attached hydrogen (secondary N) is 1. The van der Waals surface area contributed by atoms with Gasteiger partial charge in [0.05, 0.1) is 29.1 Å². The van der Waals surface area contributed by atoms with E-state index in [1.165, 1.54) is 0 Å². The zero-order valence-electron chi connectivity index (χ0n) is 23.6. The van der Waals surface area contributed by atoms with Gasteiger partial charge < -0.3 is 24.8 Å². The quantitative estimate of drug-likeness (QED) is 0.302. The highest BCUT2D eigenvalue weighted by Gasteiger charge is 2.37. The van der Waals surface area contributed by atoms with Crippen LogP contribution in [-0.4, -0.2) is 66.7 Å². The lowest BCUT2D eigenvalue weighted by Gasteiger charge is -2.29. The predicted molar refractivity (Wildman–Crippen MR) is 155 cm³/mol. The molecular weight excluding hydrogens is 494 g/mol. The summed E-state index contributed by atoms with van der Waals surface area (Å²) in [7, 11) is 5.64. The molecule has 39 heavy (non-hydrogen) atoms. The molecule has 1 atom stereocenters. The zero-order chi connectivity index (χ0) is 27.9. The van der Waals surface area contributed by atoms with Gasteiger partial charge in [-0.15, -0.1) is 0 Å². The van der Waals surface area contributed by atoms with Crippen molar-refractivity contribution >= 4 is 34.3 Å². The summed E-state index contributed by atoms with van der Waals surface area (Å²) >= 11 is 0. The number of rotatable bonds is 8. The van der Waals surface area contributed by atoms with Gasteiger partial charge in [0.2, 0.25) is 0 Å². The number of aromatic nitrogens is 2. The van der Waals surface area contributed by atoms with Crippen molar-refractivity contribution in [2.24, 2.45) is 0 Å². The van der Waals surface area contributed by atoms with Crippen LogP contribution in [0.1, 0.15) is 38.1 Å². The van der Waals surface area contributed by atoms with Crippen LogP contribution in [0, 0.1) is 17.0 Å². The van der Waals surface area contributed by atoms with Gasteiger partial charge in [-0.1, -0.05) is 13.8 Å². The molecule has 2 aromatic heterocycles. The topological polar surface area (TPSA) is 99.9 Å². The van der Waals surface area contributed by atoms with Crippen molar-refractivity contribution in [1.29, 1.82) is 0 Å². The molecule has 0 bridgehead atoms. The number of ether oxygens (including phenoxy) is 1. The first kappa shape index (κ1) is 26.7. The van der Waals surface area contributed by atoms with E-state index in [1.54, 1.807) is 25.4 Å². The maximum Gasteiger partial charge on any atom is 0.294 e. The second-order valence-corrected chi connectivity index (χ2v) is 11.4. The molecule has 0 spiro atoms. The number of nitrogens with zero attached hydrogens (tertiary/aromatic N) is 6. The third kappa shape index (κ3) is 5.21. The number of nitro benzene ring substituents is 1. The summed E-state index contributed by atoms with van der Waals surface area (Å²) in [5.41, 5.74) is 5.18. The molecule has 1 N–H and O–H groups in total. The van der Waals surface area contributed by atoms with Crippen LogP contribution < -0.4 is 19.9 Å². The Balaban J connectivity index is 1.47. The van der Waals surface area contributed by atoms with E-state index >= 15 is 0 Å². The summed E-state index contributed by atoms with van der Waals surface area (Å²) in [4.78, 5) is 27.7. The summed E-state index contributed by atoms with van der Waals surface area (Å²) in [5.74, 6) is 1.11. The number of methoxy groups -OCH3 is 1. The Hall–Kier alpha value is -3.92. The lowest BCUT2D eigenvalue weighted by atomic mass is 9.91. The summed E-state index contributed by atoms with van der Waals surface area (Å²) in [6, 6.07) is 11.6. The number of anilines is 5. The molecule has 0 saturated carbocycles. The van der Waals surface area contributed by atoms with Crippen LogP contribution in [0.5, 0.6) is 5.75 Å². The molecule has 1 fully saturated rings. The van der Waals surface area contributed by atoms with Gasteiger partial charge in [-0.3, -0.25) is 15.1 Å². The fraction of sp³-hybridized carbons (Fsp3) is 0.448. The van der Waals surface area contributed by atoms with Crippen molar-refractivity contribution in [3.05, 3.63) is 64.1 Å². The van der Waals surface area contributed by atoms with Crippen molar-refractivity contribution in [3.63, 3.8) is 0 Å². The van der Waals surface area contributed by atoms with Crippen molar-refractivity contribution in [2.75, 3.05) is 56.0 Å². The molecule has 0 radical (unpaired) electrons. The Morgan fingerprint density at radius 2 is 2.00 bits per heavy atom. The van der Waals surface area contributed by atoms with E-state index < -0.39 is 0 Å². The Morgan fingerprint density at radius 3 is 2.72 bits per heavy atom. The van der Waals surface area contributed by atoms with Crippen molar-refractivity contribution in [2.45, 2.75) is 45.1 Å². The zero-order valence-corrected chi connectivity index (χ0v) is 23.6. The van der Waals surface area contributed by atoms with Crippen LogP contribution in [0.2, 0.25) is 0 Å². The van der Waals surface area contributed by atoms with Crippen LogP contribution >= 0.6 is 0 Å². The van der Waals surface area contributed by atoms with Gasteiger partial charge in [-0.2, -0.15) is 0 Å². The second-order valence-electron chi connectivity index (χ2n) is 11.4. The average molecular weight is 532 g/mol. The maximum absolute atomic E-state index is 12.2. The number of hydrogen-bond acceptors (Lipinski definition) is 9. The Morgan fingerprint density at radius 1 is 1.21 bits per heavy atom. The molecule has 1 aromatic carbocycles. The smallest absolute Gasteiger partial charge is 0.294 e. The maximum atomic E-state index is 12.2. The summed E-state index contributed by atoms with van der Waals surface area (Å²) in [6.07, 6.45) is 3.75. The number of pyridine rings is 2. The summed E-state index contributed by atoms with van der Waals surface area (Å²) in [6.45, 7) is 8.82. The first-order valence-electron chi connectivity index (χ1n) is 13.3. The van der Waals surface area contributed by atoms with Gasteiger partial charge in [-0.25, -0.2) is 4.98 Å². The van der Waals surface area contributed by atoms with E-state index in [0.29, 0.717) is 22.9 Å². The van der Waals surface area contributed by atoms with E-state index in [9.17, 15) is 10.1 Å². The molecule has 10 heteroatoms. The van der Waals surface area contributed by atoms with Gasteiger partial charge in [0.25, 0.3) is 5.69 Å². The molecule has 206 valence electrons. The second kappa shape index (κ2) is 10.3. The van der Waals surface area contributed by atoms with Gasteiger partial charge in [-0.05, 0) is 52.1 Å². The first-order chi connectivity index (χ1) is 18.6. The standard InChI is InChI=1S/C29H37N7O3/c1-19-9-10-23-28(31-19)29(2,3)18-35(23)20-11-12-30-27(14-20)32-22-15-25(36(37)38)24(16-26(22)39-6)34-13-7-8-21(34)17-33(4)5/h9-12,14-16,21H,7-8,13,17-18H2,1-6H3,(H,30,32)/t21-/m1/s1. The predicted octanol–water partition coefficient (Wildman–Crippen LogP) is 5.41. The molecule has 0 aliphatic carbocycles. The molecule has 5 rings (SSSR count). The molecule has 3 aromatic rings. The molecule has 0 unspecified atom stereocenters. The van der Waals surface area contributed by atoms with E-state index in [0.717, 1.165) is 55.2 Å². The fourth-order valence-electron chi connectivity index (χ4n) is 5.81. The molecular formula is C29H37N7O3. The average Bonchev–Trinajstić information content (AvgIpc) is 3.44. The number of hydrogen-bond donors (Lipinski definition) is 1. The third-order valence-corrected chi connectivity index (χ3v) is 7.57. The Bertz CT molecular complexity index is 1390. The van der Waals surface area contributed by atoms with E-state index in [2.05, 4.69) is 44.9 Å².